The van der Waals surface area contributed by atoms with Gasteiger partial charge in [-0.05, 0) is 18.2 Å². The topological polar surface area (TPSA) is 130 Å². The van der Waals surface area contributed by atoms with E-state index in [1.54, 1.807) is 0 Å². The van der Waals surface area contributed by atoms with Gasteiger partial charge in [0.15, 0.2) is 6.10 Å². The molecule has 0 spiro atoms. The van der Waals surface area contributed by atoms with Crippen LogP contribution in [0.2, 0.25) is 0 Å². The molecule has 0 aliphatic heterocycles. The summed E-state index contributed by atoms with van der Waals surface area (Å²) < 4.78 is 37.6. The van der Waals surface area contributed by atoms with Crippen molar-refractivity contribution in [3.05, 3.63) is 29.8 Å². The van der Waals surface area contributed by atoms with Crippen LogP contribution in [0.4, 0.5) is 18.9 Å². The van der Waals surface area contributed by atoms with Gasteiger partial charge in [-0.15, -0.1) is 0 Å². The van der Waals surface area contributed by atoms with Gasteiger partial charge in [-0.1, -0.05) is 6.07 Å². The maximum Gasteiger partial charge on any atom is 0.416 e. The van der Waals surface area contributed by atoms with Crippen molar-refractivity contribution in [3.8, 4) is 0 Å². The maximum atomic E-state index is 12.5. The molecule has 0 heterocycles. The average Bonchev–Trinajstić information content (AvgIpc) is 2.51. The zero-order chi connectivity index (χ0) is 17.8. The zero-order valence-corrected chi connectivity index (χ0v) is 11.6. The van der Waals surface area contributed by atoms with E-state index in [0.29, 0.717) is 6.07 Å². The van der Waals surface area contributed by atoms with E-state index in [0.717, 1.165) is 18.2 Å². The van der Waals surface area contributed by atoms with E-state index in [4.69, 9.17) is 10.2 Å². The summed E-state index contributed by atoms with van der Waals surface area (Å²) in [6.07, 6.45) is -12.8. The molecule has 4 atom stereocenters. The van der Waals surface area contributed by atoms with Crippen LogP contribution in [0, 0.1) is 0 Å². The number of anilines is 1. The SMILES string of the molecule is O=C(Nc1cccc(C(F)(F)F)c1)[C@@H](O)[C@H](O)[C@H](O)[C@H](O)CO. The van der Waals surface area contributed by atoms with Gasteiger partial charge < -0.3 is 30.8 Å². The van der Waals surface area contributed by atoms with Crippen LogP contribution in [0.15, 0.2) is 24.3 Å². The lowest BCUT2D eigenvalue weighted by molar-refractivity contribution is -0.144. The summed E-state index contributed by atoms with van der Waals surface area (Å²) in [7, 11) is 0. The third-order valence-corrected chi connectivity index (χ3v) is 2.98. The predicted molar refractivity (Wildman–Crippen MR) is 71.2 cm³/mol. The highest BCUT2D eigenvalue weighted by molar-refractivity contribution is 5.94. The van der Waals surface area contributed by atoms with Gasteiger partial charge in [0, 0.05) is 5.69 Å². The van der Waals surface area contributed by atoms with Crippen molar-refractivity contribution in [2.45, 2.75) is 30.6 Å². The minimum absolute atomic E-state index is 0.284. The van der Waals surface area contributed by atoms with Crippen LogP contribution in [0.1, 0.15) is 5.56 Å². The van der Waals surface area contributed by atoms with Gasteiger partial charge in [-0.25, -0.2) is 0 Å². The van der Waals surface area contributed by atoms with Crippen LogP contribution in [-0.2, 0) is 11.0 Å². The standard InChI is InChI=1S/C13H16F3NO6/c14-13(15,16)6-2-1-3-7(4-6)17-12(23)11(22)10(21)9(20)8(19)5-18/h1-4,8-11,18-22H,5H2,(H,17,23)/t8-,9-,10-,11+/m1/s1. The Balaban J connectivity index is 2.79. The van der Waals surface area contributed by atoms with E-state index in [9.17, 15) is 33.3 Å². The molecule has 10 heteroatoms. The van der Waals surface area contributed by atoms with E-state index in [1.165, 1.54) is 0 Å². The molecule has 0 aliphatic carbocycles. The number of aliphatic hydroxyl groups excluding tert-OH is 5. The van der Waals surface area contributed by atoms with Crippen molar-refractivity contribution < 1.29 is 43.5 Å². The summed E-state index contributed by atoms with van der Waals surface area (Å²) in [5, 5.41) is 48.1. The monoisotopic (exact) mass is 339 g/mol. The number of aliphatic hydroxyl groups is 5. The van der Waals surface area contributed by atoms with E-state index in [1.807, 2.05) is 5.32 Å². The van der Waals surface area contributed by atoms with Gasteiger partial charge in [0.05, 0.1) is 12.2 Å². The fraction of sp³-hybridized carbons (Fsp3) is 0.462. The Labute approximate surface area is 128 Å². The molecular weight excluding hydrogens is 323 g/mol. The normalized spacial score (nSPS) is 17.2. The predicted octanol–water partition coefficient (Wildman–Crippen LogP) is -0.920. The molecule has 6 N–H and O–H groups in total. The summed E-state index contributed by atoms with van der Waals surface area (Å²) in [5.74, 6) is -1.29. The van der Waals surface area contributed by atoms with Crippen molar-refractivity contribution in [1.82, 2.24) is 0 Å². The Morgan fingerprint density at radius 3 is 2.26 bits per heavy atom. The highest BCUT2D eigenvalue weighted by atomic mass is 19.4. The fourth-order valence-corrected chi connectivity index (χ4v) is 1.67. The molecule has 1 aromatic rings. The quantitative estimate of drug-likeness (QED) is 0.397. The number of carbonyl (C=O) groups is 1. The molecule has 0 saturated carbocycles. The van der Waals surface area contributed by atoms with E-state index >= 15 is 0 Å². The lowest BCUT2D eigenvalue weighted by Crippen LogP contribution is -2.50. The summed E-state index contributed by atoms with van der Waals surface area (Å²) in [5.41, 5.74) is -1.31. The number of nitrogens with one attached hydrogen (secondary N) is 1. The molecule has 23 heavy (non-hydrogen) atoms. The van der Waals surface area contributed by atoms with Crippen molar-refractivity contribution in [1.29, 1.82) is 0 Å². The molecule has 1 aromatic carbocycles. The van der Waals surface area contributed by atoms with Crippen LogP contribution < -0.4 is 5.32 Å². The van der Waals surface area contributed by atoms with Crippen LogP contribution in [-0.4, -0.2) is 62.5 Å². The van der Waals surface area contributed by atoms with Crippen molar-refractivity contribution >= 4 is 11.6 Å². The second-order valence-electron chi connectivity index (χ2n) is 4.74. The number of rotatable bonds is 6. The third-order valence-electron chi connectivity index (χ3n) is 2.98. The number of alkyl halides is 3. The first kappa shape index (κ1) is 19.3. The molecule has 1 rings (SSSR count). The molecule has 1 amide bonds. The van der Waals surface area contributed by atoms with E-state index in [-0.39, 0.29) is 5.69 Å². The lowest BCUT2D eigenvalue weighted by Gasteiger charge is -2.25. The Morgan fingerprint density at radius 1 is 1.13 bits per heavy atom. The minimum atomic E-state index is -4.62. The smallest absolute Gasteiger partial charge is 0.394 e. The Kier molecular flexibility index (Phi) is 6.47. The minimum Gasteiger partial charge on any atom is -0.394 e. The van der Waals surface area contributed by atoms with Crippen LogP contribution in [0.5, 0.6) is 0 Å². The largest absolute Gasteiger partial charge is 0.416 e. The van der Waals surface area contributed by atoms with Gasteiger partial charge in [0.2, 0.25) is 0 Å². The van der Waals surface area contributed by atoms with Crippen molar-refractivity contribution in [3.63, 3.8) is 0 Å². The van der Waals surface area contributed by atoms with Crippen LogP contribution in [0.25, 0.3) is 0 Å². The van der Waals surface area contributed by atoms with Crippen LogP contribution in [0.3, 0.4) is 0 Å². The summed E-state index contributed by atoms with van der Waals surface area (Å²) in [6.45, 7) is -0.930. The number of benzene rings is 1. The second-order valence-corrected chi connectivity index (χ2v) is 4.74. The molecule has 0 aliphatic rings. The van der Waals surface area contributed by atoms with Gasteiger partial charge in [-0.2, -0.15) is 13.2 Å². The first-order chi connectivity index (χ1) is 10.6. The van der Waals surface area contributed by atoms with Crippen molar-refractivity contribution in [2.75, 3.05) is 11.9 Å². The Hall–Kier alpha value is -1.72. The van der Waals surface area contributed by atoms with Gasteiger partial charge in [0.1, 0.15) is 18.3 Å². The number of amides is 1. The summed E-state index contributed by atoms with van der Waals surface area (Å²) in [4.78, 5) is 11.7. The average molecular weight is 339 g/mol. The molecule has 0 aromatic heterocycles. The summed E-state index contributed by atoms with van der Waals surface area (Å²) in [6, 6.07) is 3.56. The molecule has 0 saturated heterocycles. The molecular formula is C13H16F3NO6. The number of hydrogen-bond acceptors (Lipinski definition) is 6. The second kappa shape index (κ2) is 7.70. The van der Waals surface area contributed by atoms with Gasteiger partial charge >= 0.3 is 6.18 Å². The molecule has 0 bridgehead atoms. The highest BCUT2D eigenvalue weighted by Gasteiger charge is 2.35. The summed E-state index contributed by atoms with van der Waals surface area (Å²) >= 11 is 0. The number of hydrogen-bond donors (Lipinski definition) is 6. The number of halogens is 3. The first-order valence-corrected chi connectivity index (χ1v) is 6.39. The van der Waals surface area contributed by atoms with E-state index in [2.05, 4.69) is 0 Å². The zero-order valence-electron chi connectivity index (χ0n) is 11.6. The number of carbonyl (C=O) groups excluding carboxylic acids is 1. The highest BCUT2D eigenvalue weighted by Crippen LogP contribution is 2.30. The fourth-order valence-electron chi connectivity index (χ4n) is 1.67. The molecule has 7 nitrogen and oxygen atoms in total. The molecule has 0 unspecified atom stereocenters. The lowest BCUT2D eigenvalue weighted by atomic mass is 10.0. The van der Waals surface area contributed by atoms with Gasteiger partial charge in [-0.3, -0.25) is 4.79 Å². The Bertz CT molecular complexity index is 539. The molecule has 130 valence electrons. The van der Waals surface area contributed by atoms with Crippen molar-refractivity contribution in [2.24, 2.45) is 0 Å². The van der Waals surface area contributed by atoms with Gasteiger partial charge in [0.25, 0.3) is 5.91 Å². The van der Waals surface area contributed by atoms with E-state index < -0.39 is 48.7 Å². The molecule has 0 fully saturated rings. The van der Waals surface area contributed by atoms with Crippen LogP contribution >= 0.6 is 0 Å². The third kappa shape index (κ3) is 5.15. The Morgan fingerprint density at radius 2 is 1.74 bits per heavy atom. The first-order valence-electron chi connectivity index (χ1n) is 6.39. The molecule has 0 radical (unpaired) electrons. The maximum absolute atomic E-state index is 12.5.